The van der Waals surface area contributed by atoms with E-state index in [2.05, 4.69) is 61.6 Å². The van der Waals surface area contributed by atoms with E-state index >= 15 is 0 Å². The van der Waals surface area contributed by atoms with Gasteiger partial charge in [0.2, 0.25) is 0 Å². The van der Waals surface area contributed by atoms with Gasteiger partial charge in [-0.1, -0.05) is 50.2 Å². The van der Waals surface area contributed by atoms with Crippen molar-refractivity contribution < 1.29 is 0 Å². The van der Waals surface area contributed by atoms with Crippen LogP contribution in [0, 0.1) is 5.92 Å². The highest BCUT2D eigenvalue weighted by Gasteiger charge is 1.99. The van der Waals surface area contributed by atoms with Crippen LogP contribution in [0.4, 0.5) is 5.69 Å². The van der Waals surface area contributed by atoms with Crippen LogP contribution in [0.5, 0.6) is 0 Å². The van der Waals surface area contributed by atoms with Crippen molar-refractivity contribution in [3.63, 3.8) is 0 Å². The summed E-state index contributed by atoms with van der Waals surface area (Å²) in [5.41, 5.74) is 1.26. The van der Waals surface area contributed by atoms with Crippen molar-refractivity contribution in [1.29, 1.82) is 0 Å². The predicted octanol–water partition coefficient (Wildman–Crippen LogP) is 4.69. The summed E-state index contributed by atoms with van der Waals surface area (Å²) >= 11 is 0. The second kappa shape index (κ2) is 5.72. The maximum Gasteiger partial charge on any atom is 0.0419 e. The summed E-state index contributed by atoms with van der Waals surface area (Å²) in [6, 6.07) is 15.0. The molecule has 0 saturated carbocycles. The molecule has 0 aliphatic carbocycles. The Morgan fingerprint density at radius 1 is 1.00 bits per heavy atom. The number of nitrogens with one attached hydrogen (secondary N) is 1. The summed E-state index contributed by atoms with van der Waals surface area (Å²) in [4.78, 5) is 0. The molecule has 90 valence electrons. The SMILES string of the molecule is CC(C)CCCNc1cccc2ccccc12. The second-order valence-corrected chi connectivity index (χ2v) is 4.99. The molecule has 1 heteroatoms. The minimum Gasteiger partial charge on any atom is -0.385 e. The molecule has 0 atom stereocenters. The van der Waals surface area contributed by atoms with Gasteiger partial charge in [0, 0.05) is 17.6 Å². The largest absolute Gasteiger partial charge is 0.385 e. The average Bonchev–Trinajstić information content (AvgIpc) is 2.34. The molecule has 0 radical (unpaired) electrons. The molecule has 0 saturated heterocycles. The molecule has 0 amide bonds. The van der Waals surface area contributed by atoms with Crippen molar-refractivity contribution in [2.45, 2.75) is 26.7 Å². The van der Waals surface area contributed by atoms with Crippen LogP contribution in [-0.2, 0) is 0 Å². The molecule has 0 aliphatic rings. The highest BCUT2D eigenvalue weighted by molar-refractivity contribution is 5.93. The van der Waals surface area contributed by atoms with E-state index in [0.29, 0.717) is 0 Å². The van der Waals surface area contributed by atoms with Crippen molar-refractivity contribution >= 4 is 16.5 Å². The first-order valence-corrected chi connectivity index (χ1v) is 6.49. The third kappa shape index (κ3) is 3.23. The summed E-state index contributed by atoms with van der Waals surface area (Å²) in [5, 5.41) is 6.17. The van der Waals surface area contributed by atoms with Gasteiger partial charge in [0.1, 0.15) is 0 Å². The normalized spacial score (nSPS) is 11.0. The van der Waals surface area contributed by atoms with E-state index in [1.54, 1.807) is 0 Å². The Morgan fingerprint density at radius 2 is 1.76 bits per heavy atom. The molecule has 0 heterocycles. The predicted molar refractivity (Wildman–Crippen MR) is 76.5 cm³/mol. The molecule has 0 aliphatic heterocycles. The van der Waals surface area contributed by atoms with Gasteiger partial charge in [-0.2, -0.15) is 0 Å². The molecule has 0 fully saturated rings. The number of rotatable bonds is 5. The zero-order chi connectivity index (χ0) is 12.1. The summed E-state index contributed by atoms with van der Waals surface area (Å²) in [6.07, 6.45) is 2.53. The number of fused-ring (bicyclic) bond motifs is 1. The molecule has 0 bridgehead atoms. The molecular formula is C16H21N. The molecule has 0 spiro atoms. The first kappa shape index (κ1) is 12.0. The average molecular weight is 227 g/mol. The van der Waals surface area contributed by atoms with Crippen LogP contribution in [0.1, 0.15) is 26.7 Å². The fourth-order valence-corrected chi connectivity index (χ4v) is 2.11. The van der Waals surface area contributed by atoms with Crippen molar-refractivity contribution in [3.8, 4) is 0 Å². The van der Waals surface area contributed by atoms with Gasteiger partial charge in [-0.05, 0) is 30.2 Å². The van der Waals surface area contributed by atoms with E-state index in [0.717, 1.165) is 12.5 Å². The number of anilines is 1. The lowest BCUT2D eigenvalue weighted by molar-refractivity contribution is 0.567. The minimum atomic E-state index is 0.796. The third-order valence-electron chi connectivity index (χ3n) is 3.06. The zero-order valence-electron chi connectivity index (χ0n) is 10.7. The van der Waals surface area contributed by atoms with Gasteiger partial charge in [0.05, 0.1) is 0 Å². The Morgan fingerprint density at radius 3 is 2.59 bits per heavy atom. The standard InChI is InChI=1S/C16H21N/c1-13(2)7-6-12-17-16-11-5-9-14-8-3-4-10-15(14)16/h3-5,8-11,13,17H,6-7,12H2,1-2H3. The van der Waals surface area contributed by atoms with E-state index in [-0.39, 0.29) is 0 Å². The van der Waals surface area contributed by atoms with Crippen molar-refractivity contribution in [2.75, 3.05) is 11.9 Å². The number of hydrogen-bond acceptors (Lipinski definition) is 1. The lowest BCUT2D eigenvalue weighted by Crippen LogP contribution is -2.03. The van der Waals surface area contributed by atoms with E-state index in [9.17, 15) is 0 Å². The molecule has 1 nitrogen and oxygen atoms in total. The molecule has 0 aromatic heterocycles. The van der Waals surface area contributed by atoms with Gasteiger partial charge in [0.15, 0.2) is 0 Å². The number of hydrogen-bond donors (Lipinski definition) is 1. The fraction of sp³-hybridized carbons (Fsp3) is 0.375. The lowest BCUT2D eigenvalue weighted by Gasteiger charge is -2.10. The van der Waals surface area contributed by atoms with Crippen LogP contribution in [0.25, 0.3) is 10.8 Å². The monoisotopic (exact) mass is 227 g/mol. The van der Waals surface area contributed by atoms with Crippen molar-refractivity contribution in [1.82, 2.24) is 0 Å². The molecule has 2 aromatic rings. The molecule has 1 N–H and O–H groups in total. The highest BCUT2D eigenvalue weighted by Crippen LogP contribution is 2.22. The van der Waals surface area contributed by atoms with Gasteiger partial charge in [0.25, 0.3) is 0 Å². The molecular weight excluding hydrogens is 206 g/mol. The zero-order valence-corrected chi connectivity index (χ0v) is 10.7. The summed E-state index contributed by atoms with van der Waals surface area (Å²) in [7, 11) is 0. The van der Waals surface area contributed by atoms with Gasteiger partial charge < -0.3 is 5.32 Å². The number of benzene rings is 2. The quantitative estimate of drug-likeness (QED) is 0.731. The molecule has 2 aromatic carbocycles. The minimum absolute atomic E-state index is 0.796. The lowest BCUT2D eigenvalue weighted by atomic mass is 10.1. The van der Waals surface area contributed by atoms with E-state index in [1.807, 2.05) is 0 Å². The Balaban J connectivity index is 2.03. The Bertz CT molecular complexity index is 468. The van der Waals surface area contributed by atoms with Gasteiger partial charge in [-0.3, -0.25) is 0 Å². The Labute approximate surface area is 104 Å². The van der Waals surface area contributed by atoms with Crippen LogP contribution in [0.3, 0.4) is 0 Å². The smallest absolute Gasteiger partial charge is 0.0419 e. The maximum atomic E-state index is 3.54. The molecule has 17 heavy (non-hydrogen) atoms. The first-order chi connectivity index (χ1) is 8.27. The fourth-order valence-electron chi connectivity index (χ4n) is 2.11. The summed E-state index contributed by atoms with van der Waals surface area (Å²) in [6.45, 7) is 5.61. The van der Waals surface area contributed by atoms with Gasteiger partial charge >= 0.3 is 0 Å². The van der Waals surface area contributed by atoms with E-state index in [1.165, 1.54) is 29.3 Å². The van der Waals surface area contributed by atoms with Gasteiger partial charge in [-0.25, -0.2) is 0 Å². The van der Waals surface area contributed by atoms with E-state index < -0.39 is 0 Å². The first-order valence-electron chi connectivity index (χ1n) is 6.49. The van der Waals surface area contributed by atoms with Crippen LogP contribution < -0.4 is 5.32 Å². The van der Waals surface area contributed by atoms with Crippen LogP contribution >= 0.6 is 0 Å². The van der Waals surface area contributed by atoms with Crippen molar-refractivity contribution in [2.24, 2.45) is 5.92 Å². The maximum absolute atomic E-state index is 3.54. The molecule has 0 unspecified atom stereocenters. The summed E-state index contributed by atoms with van der Waals surface area (Å²) in [5.74, 6) is 0.796. The van der Waals surface area contributed by atoms with Crippen molar-refractivity contribution in [3.05, 3.63) is 42.5 Å². The van der Waals surface area contributed by atoms with E-state index in [4.69, 9.17) is 0 Å². The second-order valence-electron chi connectivity index (χ2n) is 4.99. The summed E-state index contributed by atoms with van der Waals surface area (Å²) < 4.78 is 0. The van der Waals surface area contributed by atoms with Gasteiger partial charge in [-0.15, -0.1) is 0 Å². The van der Waals surface area contributed by atoms with Crippen LogP contribution in [0.15, 0.2) is 42.5 Å². The van der Waals surface area contributed by atoms with Crippen LogP contribution in [0.2, 0.25) is 0 Å². The van der Waals surface area contributed by atoms with Crippen LogP contribution in [-0.4, -0.2) is 6.54 Å². The highest BCUT2D eigenvalue weighted by atomic mass is 14.9. The third-order valence-corrected chi connectivity index (χ3v) is 3.06. The molecule has 2 rings (SSSR count). The Hall–Kier alpha value is -1.50. The topological polar surface area (TPSA) is 12.0 Å². The Kier molecular flexibility index (Phi) is 4.03.